The summed E-state index contributed by atoms with van der Waals surface area (Å²) in [5.74, 6) is 1.52. The van der Waals surface area contributed by atoms with Crippen LogP contribution in [0.15, 0.2) is 66.9 Å². The van der Waals surface area contributed by atoms with Gasteiger partial charge in [-0.05, 0) is 88.9 Å². The van der Waals surface area contributed by atoms with Gasteiger partial charge in [0.05, 0.1) is 25.3 Å². The van der Waals surface area contributed by atoms with E-state index in [2.05, 4.69) is 20.9 Å². The van der Waals surface area contributed by atoms with E-state index in [9.17, 15) is 27.6 Å². The van der Waals surface area contributed by atoms with Crippen LogP contribution < -0.4 is 35.1 Å². The van der Waals surface area contributed by atoms with Gasteiger partial charge in [0.25, 0.3) is 0 Å². The number of methoxy groups -OCH3 is 2. The Balaban J connectivity index is 1.03. The van der Waals surface area contributed by atoms with Crippen molar-refractivity contribution in [3.8, 4) is 23.0 Å². The maximum absolute atomic E-state index is 14.4. The minimum absolute atomic E-state index is 0.00250. The van der Waals surface area contributed by atoms with E-state index >= 15 is 0 Å². The van der Waals surface area contributed by atoms with E-state index in [-0.39, 0.29) is 29.2 Å². The molecule has 0 aliphatic carbocycles. The Labute approximate surface area is 328 Å². The molecular formula is C41H47F3N6O7. The van der Waals surface area contributed by atoms with Gasteiger partial charge in [0, 0.05) is 78.9 Å². The van der Waals surface area contributed by atoms with E-state index in [1.807, 2.05) is 0 Å². The van der Waals surface area contributed by atoms with Gasteiger partial charge in [0.15, 0.2) is 11.5 Å². The zero-order chi connectivity index (χ0) is 40.9. The number of carbonyl (C=O) groups excluding carboxylic acids is 3. The number of hydrogen-bond acceptors (Lipinski definition) is 9. The first-order valence-corrected chi connectivity index (χ1v) is 18.7. The van der Waals surface area contributed by atoms with E-state index in [0.29, 0.717) is 91.5 Å². The van der Waals surface area contributed by atoms with Gasteiger partial charge in [-0.3, -0.25) is 9.78 Å². The molecule has 3 aromatic carbocycles. The molecule has 0 spiro atoms. The highest BCUT2D eigenvalue weighted by molar-refractivity contribution is 6.00. The number of alkyl halides is 3. The Morgan fingerprint density at radius 3 is 2.11 bits per heavy atom. The van der Waals surface area contributed by atoms with Gasteiger partial charge >= 0.3 is 18.3 Å². The second-order valence-corrected chi connectivity index (χ2v) is 15.0. The smallest absolute Gasteiger partial charge is 0.418 e. The van der Waals surface area contributed by atoms with Crippen LogP contribution >= 0.6 is 0 Å². The predicted octanol–water partition coefficient (Wildman–Crippen LogP) is 8.44. The number of ether oxygens (including phenoxy) is 4. The van der Waals surface area contributed by atoms with Gasteiger partial charge in [0.1, 0.15) is 17.1 Å². The molecule has 2 fully saturated rings. The van der Waals surface area contributed by atoms with Crippen molar-refractivity contribution in [1.82, 2.24) is 15.2 Å². The van der Waals surface area contributed by atoms with Gasteiger partial charge in [-0.1, -0.05) is 6.07 Å². The fraction of sp³-hybridized carbons (Fsp3) is 0.415. The number of fused-ring (bicyclic) bond motifs is 1. The number of likely N-dealkylation sites (tertiary alicyclic amines) is 1. The standard InChI is InChI=1S/C41H47F3N6O7/c1-40(2,3)57-39(53)50-17-12-25(13-18-50)37(51)46-26-14-19-49(20-15-26)33-10-9-28(22-31(33)41(42,43)44)48-38(52)47-27-7-6-8-29(21-27)56-34-11-16-45-32-24-36(55-5)35(54-4)23-30(32)34/h6-11,16,21-26H,12-15,17-20H2,1-5H3,(H,46,51)(H2,47,48,52). The summed E-state index contributed by atoms with van der Waals surface area (Å²) in [6, 6.07) is 14.5. The van der Waals surface area contributed by atoms with Crippen molar-refractivity contribution in [2.75, 3.05) is 55.9 Å². The Morgan fingerprint density at radius 2 is 1.46 bits per heavy atom. The quantitative estimate of drug-likeness (QED) is 0.152. The molecule has 2 aliphatic rings. The Morgan fingerprint density at radius 1 is 0.789 bits per heavy atom. The molecule has 6 rings (SSSR count). The molecule has 4 aromatic rings. The van der Waals surface area contributed by atoms with Crippen LogP contribution in [-0.2, 0) is 15.7 Å². The van der Waals surface area contributed by atoms with Crippen molar-refractivity contribution in [2.45, 2.75) is 64.3 Å². The molecule has 0 saturated carbocycles. The van der Waals surface area contributed by atoms with Crippen molar-refractivity contribution >= 4 is 46.0 Å². The molecule has 13 nitrogen and oxygen atoms in total. The molecule has 304 valence electrons. The molecule has 1 aromatic heterocycles. The minimum atomic E-state index is -4.69. The van der Waals surface area contributed by atoms with Crippen LogP contribution in [0.25, 0.3) is 10.9 Å². The molecule has 4 amide bonds. The first-order chi connectivity index (χ1) is 27.1. The van der Waals surface area contributed by atoms with Crippen LogP contribution in [0.3, 0.4) is 0 Å². The highest BCUT2D eigenvalue weighted by Gasteiger charge is 2.37. The molecule has 0 unspecified atom stereocenters. The third kappa shape index (κ3) is 10.3. The lowest BCUT2D eigenvalue weighted by atomic mass is 9.94. The molecule has 0 bridgehead atoms. The van der Waals surface area contributed by atoms with E-state index in [0.717, 1.165) is 6.07 Å². The van der Waals surface area contributed by atoms with Crippen molar-refractivity contribution in [3.05, 3.63) is 72.4 Å². The third-order valence-corrected chi connectivity index (χ3v) is 9.79. The van der Waals surface area contributed by atoms with Crippen molar-refractivity contribution in [3.63, 3.8) is 0 Å². The topological polar surface area (TPSA) is 144 Å². The number of halogens is 3. The lowest BCUT2D eigenvalue weighted by molar-refractivity contribution is -0.137. The number of nitrogens with zero attached hydrogens (tertiary/aromatic N) is 3. The molecule has 2 saturated heterocycles. The third-order valence-electron chi connectivity index (χ3n) is 9.79. The zero-order valence-corrected chi connectivity index (χ0v) is 32.5. The van der Waals surface area contributed by atoms with Crippen molar-refractivity contribution in [1.29, 1.82) is 0 Å². The minimum Gasteiger partial charge on any atom is -0.493 e. The molecule has 0 atom stereocenters. The largest absolute Gasteiger partial charge is 0.493 e. The average molecular weight is 793 g/mol. The van der Waals surface area contributed by atoms with Crippen LogP contribution in [-0.4, -0.2) is 80.0 Å². The molecule has 0 radical (unpaired) electrons. The Bertz CT molecular complexity index is 2090. The first kappa shape index (κ1) is 40.7. The number of carbonyl (C=O) groups is 3. The summed E-state index contributed by atoms with van der Waals surface area (Å²) in [7, 11) is 3.05. The monoisotopic (exact) mass is 792 g/mol. The number of piperidine rings is 2. The zero-order valence-electron chi connectivity index (χ0n) is 32.5. The summed E-state index contributed by atoms with van der Waals surface area (Å²) in [6.07, 6.45) is -1.56. The predicted molar refractivity (Wildman–Crippen MR) is 209 cm³/mol. The normalized spacial score (nSPS) is 15.5. The van der Waals surface area contributed by atoms with Crippen molar-refractivity contribution < 1.29 is 46.5 Å². The summed E-state index contributed by atoms with van der Waals surface area (Å²) >= 11 is 0. The number of urea groups is 1. The Kier molecular flexibility index (Phi) is 12.2. The number of rotatable bonds is 9. The van der Waals surface area contributed by atoms with Crippen LogP contribution in [0.1, 0.15) is 52.0 Å². The fourth-order valence-electron chi connectivity index (χ4n) is 6.95. The lowest BCUT2D eigenvalue weighted by Gasteiger charge is -2.37. The maximum atomic E-state index is 14.4. The average Bonchev–Trinajstić information content (AvgIpc) is 3.17. The number of hydrogen-bond donors (Lipinski definition) is 3. The van der Waals surface area contributed by atoms with Gasteiger partial charge in [0.2, 0.25) is 5.91 Å². The maximum Gasteiger partial charge on any atom is 0.418 e. The van der Waals surface area contributed by atoms with Gasteiger partial charge < -0.3 is 44.7 Å². The number of anilines is 3. The number of benzene rings is 3. The molecule has 3 N–H and O–H groups in total. The van der Waals surface area contributed by atoms with Crippen molar-refractivity contribution in [2.24, 2.45) is 5.92 Å². The molecule has 57 heavy (non-hydrogen) atoms. The SMILES string of the molecule is COc1cc2nccc(Oc3cccc(NC(=O)Nc4ccc(N5CCC(NC(=O)C6CCN(C(=O)OC(C)(C)C)CC6)CC5)c(C(F)(F)F)c4)c3)c2cc1OC. The number of nitrogens with one attached hydrogen (secondary N) is 3. The van der Waals surface area contributed by atoms with Gasteiger partial charge in [-0.15, -0.1) is 0 Å². The molecule has 2 aliphatic heterocycles. The van der Waals surface area contributed by atoms with Crippen LogP contribution in [0, 0.1) is 5.92 Å². The summed E-state index contributed by atoms with van der Waals surface area (Å²) < 4.78 is 65.6. The number of aromatic nitrogens is 1. The summed E-state index contributed by atoms with van der Waals surface area (Å²) in [4.78, 5) is 46.1. The summed E-state index contributed by atoms with van der Waals surface area (Å²) in [5, 5.41) is 8.90. The highest BCUT2D eigenvalue weighted by atomic mass is 19.4. The molecule has 16 heteroatoms. The van der Waals surface area contributed by atoms with E-state index in [1.54, 1.807) is 79.2 Å². The molecular weight excluding hydrogens is 745 g/mol. The fourth-order valence-corrected chi connectivity index (χ4v) is 6.95. The first-order valence-electron chi connectivity index (χ1n) is 18.7. The second kappa shape index (κ2) is 17.1. The summed E-state index contributed by atoms with van der Waals surface area (Å²) in [5.41, 5.74) is -0.568. The van der Waals surface area contributed by atoms with Crippen LogP contribution in [0.4, 0.5) is 39.8 Å². The van der Waals surface area contributed by atoms with E-state index in [1.165, 1.54) is 26.4 Å². The van der Waals surface area contributed by atoms with Crippen LogP contribution in [0.2, 0.25) is 0 Å². The van der Waals surface area contributed by atoms with Gasteiger partial charge in [-0.2, -0.15) is 13.2 Å². The summed E-state index contributed by atoms with van der Waals surface area (Å²) in [6.45, 7) is 6.84. The van der Waals surface area contributed by atoms with Crippen LogP contribution in [0.5, 0.6) is 23.0 Å². The highest BCUT2D eigenvalue weighted by Crippen LogP contribution is 2.40. The number of pyridine rings is 1. The Hall–Kier alpha value is -5.93. The lowest BCUT2D eigenvalue weighted by Crippen LogP contribution is -2.49. The second-order valence-electron chi connectivity index (χ2n) is 15.0. The van der Waals surface area contributed by atoms with E-state index < -0.39 is 29.5 Å². The van der Waals surface area contributed by atoms with Gasteiger partial charge in [-0.25, -0.2) is 9.59 Å². The number of amides is 4. The van der Waals surface area contributed by atoms with E-state index in [4.69, 9.17) is 18.9 Å². The molecule has 3 heterocycles.